The van der Waals surface area contributed by atoms with Crippen molar-refractivity contribution in [2.24, 2.45) is 0 Å². The molecule has 2 amide bonds. The van der Waals surface area contributed by atoms with E-state index >= 15 is 0 Å². The van der Waals surface area contributed by atoms with Crippen molar-refractivity contribution in [3.8, 4) is 11.6 Å². The highest BCUT2D eigenvalue weighted by atomic mass is 32.2. The minimum Gasteiger partial charge on any atom is -0.461 e. The highest BCUT2D eigenvalue weighted by molar-refractivity contribution is 7.99. The molecule has 4 rings (SSSR count). The lowest BCUT2D eigenvalue weighted by atomic mass is 10.1. The van der Waals surface area contributed by atoms with E-state index in [9.17, 15) is 14.4 Å². The molecule has 1 aromatic carbocycles. The first-order valence-corrected chi connectivity index (χ1v) is 12.5. The number of furan rings is 1. The Kier molecular flexibility index (Phi) is 8.19. The number of carbonyl (C=O) groups is 3. The molecule has 1 fully saturated rings. The van der Waals surface area contributed by atoms with Gasteiger partial charge in [-0.1, -0.05) is 36.7 Å². The first kappa shape index (κ1) is 24.5. The van der Waals surface area contributed by atoms with Crippen LogP contribution in [0.4, 0.5) is 5.69 Å². The number of aromatic nitrogens is 3. The van der Waals surface area contributed by atoms with Gasteiger partial charge in [0.2, 0.25) is 0 Å². The third kappa shape index (κ3) is 6.30. The number of hydrogen-bond donors (Lipinski definition) is 2. The summed E-state index contributed by atoms with van der Waals surface area (Å²) in [4.78, 5) is 37.2. The Balaban J connectivity index is 1.27. The average Bonchev–Trinajstić information content (AvgIpc) is 3.63. The molecule has 0 unspecified atom stereocenters. The van der Waals surface area contributed by atoms with Gasteiger partial charge in [-0.3, -0.25) is 19.0 Å². The van der Waals surface area contributed by atoms with E-state index in [1.165, 1.54) is 0 Å². The second-order valence-electron chi connectivity index (χ2n) is 8.03. The second kappa shape index (κ2) is 11.7. The number of benzene rings is 1. The molecule has 0 aliphatic heterocycles. The van der Waals surface area contributed by atoms with Crippen molar-refractivity contribution < 1.29 is 23.5 Å². The van der Waals surface area contributed by atoms with E-state index in [2.05, 4.69) is 20.8 Å². The quantitative estimate of drug-likeness (QED) is 0.322. The molecule has 0 bridgehead atoms. The molecule has 184 valence electrons. The third-order valence-electron chi connectivity index (χ3n) is 5.59. The topological polar surface area (TPSA) is 128 Å². The van der Waals surface area contributed by atoms with Crippen molar-refractivity contribution in [3.63, 3.8) is 0 Å². The summed E-state index contributed by atoms with van der Waals surface area (Å²) in [5.41, 5.74) is 0.751. The lowest BCUT2D eigenvalue weighted by molar-refractivity contribution is -0.144. The molecule has 35 heavy (non-hydrogen) atoms. The van der Waals surface area contributed by atoms with Crippen LogP contribution in [0.5, 0.6) is 0 Å². The SMILES string of the molecule is CCn1c(SCC(=O)OCC(=O)Nc2ccccc2C(=O)NC2CCCC2)nnc1-c1ccco1. The fourth-order valence-electron chi connectivity index (χ4n) is 3.89. The number of esters is 1. The second-order valence-corrected chi connectivity index (χ2v) is 8.97. The molecule has 3 aromatic rings. The van der Waals surface area contributed by atoms with Crippen LogP contribution < -0.4 is 10.6 Å². The van der Waals surface area contributed by atoms with Crippen LogP contribution in [0.15, 0.2) is 52.2 Å². The fraction of sp³-hybridized carbons (Fsp3) is 0.375. The van der Waals surface area contributed by atoms with Crippen LogP contribution in [0.3, 0.4) is 0 Å². The maximum atomic E-state index is 12.6. The molecular formula is C24H27N5O5S. The lowest BCUT2D eigenvalue weighted by Gasteiger charge is -2.15. The molecule has 2 N–H and O–H groups in total. The number of ether oxygens (including phenoxy) is 1. The van der Waals surface area contributed by atoms with Crippen molar-refractivity contribution in [2.45, 2.75) is 50.4 Å². The minimum atomic E-state index is -0.567. The van der Waals surface area contributed by atoms with Crippen LogP contribution in [-0.2, 0) is 20.9 Å². The van der Waals surface area contributed by atoms with Gasteiger partial charge in [0, 0.05) is 12.6 Å². The van der Waals surface area contributed by atoms with E-state index in [-0.39, 0.29) is 17.7 Å². The Morgan fingerprint density at radius 1 is 1.14 bits per heavy atom. The standard InChI is InChI=1S/C24H27N5O5S/c1-2-29-22(19-12-7-13-33-19)27-28-24(29)35-15-21(31)34-14-20(30)26-18-11-6-5-10-17(18)23(32)25-16-8-3-4-9-16/h5-7,10-13,16H,2-4,8-9,14-15H2,1H3,(H,25,32)(H,26,30). The summed E-state index contributed by atoms with van der Waals surface area (Å²) >= 11 is 1.16. The zero-order valence-corrected chi connectivity index (χ0v) is 20.2. The molecule has 10 nitrogen and oxygen atoms in total. The Labute approximate surface area is 206 Å². The molecule has 0 saturated heterocycles. The summed E-state index contributed by atoms with van der Waals surface area (Å²) in [5.74, 6) is -0.200. The maximum Gasteiger partial charge on any atom is 0.316 e. The highest BCUT2D eigenvalue weighted by Gasteiger charge is 2.21. The van der Waals surface area contributed by atoms with E-state index < -0.39 is 18.5 Å². The fourth-order valence-corrected chi connectivity index (χ4v) is 4.69. The Bertz CT molecular complexity index is 1170. The van der Waals surface area contributed by atoms with Crippen LogP contribution in [0.2, 0.25) is 0 Å². The van der Waals surface area contributed by atoms with Gasteiger partial charge in [0.05, 0.1) is 23.3 Å². The zero-order valence-electron chi connectivity index (χ0n) is 19.4. The van der Waals surface area contributed by atoms with Crippen LogP contribution in [-0.4, -0.2) is 50.9 Å². The molecule has 11 heteroatoms. The number of para-hydroxylation sites is 1. The van der Waals surface area contributed by atoms with E-state index in [1.807, 2.05) is 11.5 Å². The minimum absolute atomic E-state index is 0.0377. The van der Waals surface area contributed by atoms with Gasteiger partial charge in [0.25, 0.3) is 11.8 Å². The summed E-state index contributed by atoms with van der Waals surface area (Å²) in [6.45, 7) is 2.07. The van der Waals surface area contributed by atoms with Gasteiger partial charge >= 0.3 is 5.97 Å². The van der Waals surface area contributed by atoms with E-state index in [0.29, 0.717) is 34.5 Å². The number of hydrogen-bond acceptors (Lipinski definition) is 8. The summed E-state index contributed by atoms with van der Waals surface area (Å²) in [5, 5.41) is 14.5. The van der Waals surface area contributed by atoms with Gasteiger partial charge in [0.15, 0.2) is 23.3 Å². The number of nitrogens with zero attached hydrogens (tertiary/aromatic N) is 3. The number of nitrogens with one attached hydrogen (secondary N) is 2. The van der Waals surface area contributed by atoms with Gasteiger partial charge in [-0.05, 0) is 44.0 Å². The molecule has 1 aliphatic carbocycles. The molecular weight excluding hydrogens is 470 g/mol. The van der Waals surface area contributed by atoms with Crippen molar-refractivity contribution in [2.75, 3.05) is 17.7 Å². The van der Waals surface area contributed by atoms with Crippen LogP contribution >= 0.6 is 11.8 Å². The van der Waals surface area contributed by atoms with E-state index in [1.54, 1.807) is 42.7 Å². The maximum absolute atomic E-state index is 12.6. The molecule has 1 aliphatic rings. The van der Waals surface area contributed by atoms with Gasteiger partial charge in [-0.25, -0.2) is 0 Å². The summed E-state index contributed by atoms with van der Waals surface area (Å²) < 4.78 is 12.3. The molecule has 1 saturated carbocycles. The first-order chi connectivity index (χ1) is 17.0. The van der Waals surface area contributed by atoms with Gasteiger partial charge in [0.1, 0.15) is 0 Å². The normalized spacial score (nSPS) is 13.5. The van der Waals surface area contributed by atoms with Crippen molar-refractivity contribution in [3.05, 3.63) is 48.2 Å². The Morgan fingerprint density at radius 3 is 2.69 bits per heavy atom. The number of thioether (sulfide) groups is 1. The van der Waals surface area contributed by atoms with Crippen LogP contribution in [0.1, 0.15) is 43.0 Å². The predicted molar refractivity (Wildman–Crippen MR) is 130 cm³/mol. The predicted octanol–water partition coefficient (Wildman–Crippen LogP) is 3.50. The van der Waals surface area contributed by atoms with Crippen molar-refractivity contribution in [1.82, 2.24) is 20.1 Å². The smallest absolute Gasteiger partial charge is 0.316 e. The highest BCUT2D eigenvalue weighted by Crippen LogP contribution is 2.24. The van der Waals surface area contributed by atoms with E-state index in [0.717, 1.165) is 37.4 Å². The monoisotopic (exact) mass is 497 g/mol. The number of amides is 2. The summed E-state index contributed by atoms with van der Waals surface area (Å²) in [6, 6.07) is 10.5. The third-order valence-corrected chi connectivity index (χ3v) is 6.53. The first-order valence-electron chi connectivity index (χ1n) is 11.5. The number of rotatable bonds is 10. The summed E-state index contributed by atoms with van der Waals surface area (Å²) in [6.07, 6.45) is 5.70. The summed E-state index contributed by atoms with van der Waals surface area (Å²) in [7, 11) is 0. The largest absolute Gasteiger partial charge is 0.461 e. The van der Waals surface area contributed by atoms with Crippen molar-refractivity contribution >= 4 is 35.2 Å². The Morgan fingerprint density at radius 2 is 1.94 bits per heavy atom. The molecule has 0 radical (unpaired) electrons. The Hall–Kier alpha value is -3.60. The average molecular weight is 498 g/mol. The van der Waals surface area contributed by atoms with E-state index in [4.69, 9.17) is 9.15 Å². The van der Waals surface area contributed by atoms with Crippen LogP contribution in [0, 0.1) is 0 Å². The van der Waals surface area contributed by atoms with Crippen molar-refractivity contribution in [1.29, 1.82) is 0 Å². The van der Waals surface area contributed by atoms with Gasteiger partial charge in [-0.15, -0.1) is 10.2 Å². The molecule has 2 aromatic heterocycles. The molecule has 2 heterocycles. The number of anilines is 1. The molecule has 0 atom stereocenters. The number of carbonyl (C=O) groups excluding carboxylic acids is 3. The van der Waals surface area contributed by atoms with Gasteiger partial charge < -0.3 is 19.8 Å². The zero-order chi connectivity index (χ0) is 24.6. The van der Waals surface area contributed by atoms with Crippen LogP contribution in [0.25, 0.3) is 11.6 Å². The van der Waals surface area contributed by atoms with Gasteiger partial charge in [-0.2, -0.15) is 0 Å². The lowest BCUT2D eigenvalue weighted by Crippen LogP contribution is -2.33. The molecule has 0 spiro atoms.